The highest BCUT2D eigenvalue weighted by Gasteiger charge is 2.14. The molecule has 1 atom stereocenters. The first-order chi connectivity index (χ1) is 9.38. The van der Waals surface area contributed by atoms with E-state index in [0.717, 1.165) is 12.8 Å². The standard InChI is InChI=1S/C15H30N2O3/c1-6-17(11-15(19)20-5)10-14(18)16-13(4)9-7-8-12(2)3/h12-13H,6-11H2,1-5H3,(H,16,18). The molecular weight excluding hydrogens is 256 g/mol. The fourth-order valence-corrected chi connectivity index (χ4v) is 1.95. The molecule has 5 heteroatoms. The Bertz CT molecular complexity index is 293. The summed E-state index contributed by atoms with van der Waals surface area (Å²) in [6.07, 6.45) is 3.30. The molecule has 0 aliphatic carbocycles. The molecule has 0 saturated carbocycles. The maximum atomic E-state index is 11.9. The molecular formula is C15H30N2O3. The van der Waals surface area contributed by atoms with Crippen LogP contribution in [0, 0.1) is 5.92 Å². The summed E-state index contributed by atoms with van der Waals surface area (Å²) in [5.74, 6) is 0.353. The zero-order chi connectivity index (χ0) is 15.5. The molecule has 0 aromatic rings. The van der Waals surface area contributed by atoms with Gasteiger partial charge in [0.1, 0.15) is 0 Å². The van der Waals surface area contributed by atoms with Crippen LogP contribution in [0.25, 0.3) is 0 Å². The van der Waals surface area contributed by atoms with Crippen molar-refractivity contribution >= 4 is 11.9 Å². The number of carbonyl (C=O) groups is 2. The molecule has 0 rings (SSSR count). The molecule has 0 saturated heterocycles. The van der Waals surface area contributed by atoms with Crippen LogP contribution in [0.15, 0.2) is 0 Å². The monoisotopic (exact) mass is 286 g/mol. The predicted molar refractivity (Wildman–Crippen MR) is 80.4 cm³/mol. The zero-order valence-corrected chi connectivity index (χ0v) is 13.6. The number of nitrogens with one attached hydrogen (secondary N) is 1. The highest BCUT2D eigenvalue weighted by atomic mass is 16.5. The lowest BCUT2D eigenvalue weighted by Crippen LogP contribution is -2.42. The number of ether oxygens (including phenoxy) is 1. The Morgan fingerprint density at radius 2 is 1.80 bits per heavy atom. The van der Waals surface area contributed by atoms with Gasteiger partial charge in [-0.2, -0.15) is 0 Å². The highest BCUT2D eigenvalue weighted by molar-refractivity contribution is 5.79. The van der Waals surface area contributed by atoms with E-state index in [1.807, 2.05) is 13.8 Å². The van der Waals surface area contributed by atoms with Crippen LogP contribution in [-0.4, -0.2) is 49.6 Å². The van der Waals surface area contributed by atoms with E-state index < -0.39 is 0 Å². The van der Waals surface area contributed by atoms with E-state index in [4.69, 9.17) is 0 Å². The van der Waals surface area contributed by atoms with Gasteiger partial charge >= 0.3 is 5.97 Å². The fraction of sp³-hybridized carbons (Fsp3) is 0.867. The molecule has 0 spiro atoms. The van der Waals surface area contributed by atoms with E-state index in [-0.39, 0.29) is 31.0 Å². The Balaban J connectivity index is 3.97. The molecule has 5 nitrogen and oxygen atoms in total. The topological polar surface area (TPSA) is 58.6 Å². The van der Waals surface area contributed by atoms with Crippen LogP contribution in [0.5, 0.6) is 0 Å². The van der Waals surface area contributed by atoms with Crippen molar-refractivity contribution in [1.82, 2.24) is 10.2 Å². The molecule has 0 aromatic carbocycles. The predicted octanol–water partition coefficient (Wildman–Crippen LogP) is 1.81. The van der Waals surface area contributed by atoms with Crippen LogP contribution in [0.2, 0.25) is 0 Å². The van der Waals surface area contributed by atoms with Gasteiger partial charge in [0.25, 0.3) is 0 Å². The number of carbonyl (C=O) groups excluding carboxylic acids is 2. The van der Waals surface area contributed by atoms with E-state index in [1.165, 1.54) is 13.5 Å². The minimum atomic E-state index is -0.315. The molecule has 1 amide bonds. The van der Waals surface area contributed by atoms with Gasteiger partial charge in [-0.15, -0.1) is 0 Å². The number of amides is 1. The largest absolute Gasteiger partial charge is 0.468 e. The lowest BCUT2D eigenvalue weighted by molar-refractivity contribution is -0.142. The van der Waals surface area contributed by atoms with Gasteiger partial charge in [0, 0.05) is 6.04 Å². The Morgan fingerprint density at radius 1 is 1.15 bits per heavy atom. The Kier molecular flexibility index (Phi) is 10.1. The van der Waals surface area contributed by atoms with Crippen LogP contribution < -0.4 is 5.32 Å². The van der Waals surface area contributed by atoms with Crippen LogP contribution in [0.1, 0.15) is 47.0 Å². The third-order valence-electron chi connectivity index (χ3n) is 3.22. The van der Waals surface area contributed by atoms with Crippen molar-refractivity contribution in [3.05, 3.63) is 0 Å². The summed E-state index contributed by atoms with van der Waals surface area (Å²) in [4.78, 5) is 24.8. The summed E-state index contributed by atoms with van der Waals surface area (Å²) < 4.78 is 4.61. The van der Waals surface area contributed by atoms with Gasteiger partial charge in [-0.25, -0.2) is 0 Å². The van der Waals surface area contributed by atoms with Crippen molar-refractivity contribution in [2.24, 2.45) is 5.92 Å². The van der Waals surface area contributed by atoms with Crippen molar-refractivity contribution in [1.29, 1.82) is 0 Å². The molecule has 0 fully saturated rings. The molecule has 0 bridgehead atoms. The van der Waals surface area contributed by atoms with Crippen LogP contribution in [0.4, 0.5) is 0 Å². The summed E-state index contributed by atoms with van der Waals surface area (Å²) in [6, 6.07) is 0.179. The van der Waals surface area contributed by atoms with Gasteiger partial charge < -0.3 is 10.1 Å². The van der Waals surface area contributed by atoms with Gasteiger partial charge in [-0.1, -0.05) is 33.6 Å². The first kappa shape index (κ1) is 18.9. The summed E-state index contributed by atoms with van der Waals surface area (Å²) in [6.45, 7) is 9.38. The van der Waals surface area contributed by atoms with E-state index in [9.17, 15) is 9.59 Å². The minimum absolute atomic E-state index is 0.0344. The number of likely N-dealkylation sites (N-methyl/N-ethyl adjacent to an activating group) is 1. The number of esters is 1. The number of hydrogen-bond acceptors (Lipinski definition) is 4. The minimum Gasteiger partial charge on any atom is -0.468 e. The first-order valence-corrected chi connectivity index (χ1v) is 7.47. The average molecular weight is 286 g/mol. The summed E-state index contributed by atoms with van der Waals surface area (Å²) in [5.41, 5.74) is 0. The molecule has 118 valence electrons. The van der Waals surface area contributed by atoms with Gasteiger partial charge in [0.15, 0.2) is 0 Å². The van der Waals surface area contributed by atoms with Gasteiger partial charge in [0.2, 0.25) is 5.91 Å². The molecule has 1 N–H and O–H groups in total. The number of hydrogen-bond donors (Lipinski definition) is 1. The second kappa shape index (κ2) is 10.7. The summed E-state index contributed by atoms with van der Waals surface area (Å²) >= 11 is 0. The molecule has 0 aliphatic heterocycles. The number of nitrogens with zero attached hydrogens (tertiary/aromatic N) is 1. The summed E-state index contributed by atoms with van der Waals surface area (Å²) in [5, 5.41) is 2.98. The fourth-order valence-electron chi connectivity index (χ4n) is 1.95. The normalized spacial score (nSPS) is 12.6. The molecule has 0 aromatic heterocycles. The molecule has 0 aliphatic rings. The lowest BCUT2D eigenvalue weighted by Gasteiger charge is -2.20. The molecule has 1 unspecified atom stereocenters. The van der Waals surface area contributed by atoms with E-state index in [0.29, 0.717) is 12.5 Å². The Morgan fingerprint density at radius 3 is 2.30 bits per heavy atom. The highest BCUT2D eigenvalue weighted by Crippen LogP contribution is 2.08. The lowest BCUT2D eigenvalue weighted by atomic mass is 10.0. The molecule has 20 heavy (non-hydrogen) atoms. The van der Waals surface area contributed by atoms with Crippen LogP contribution in [-0.2, 0) is 14.3 Å². The first-order valence-electron chi connectivity index (χ1n) is 7.47. The second-order valence-corrected chi connectivity index (χ2v) is 5.67. The molecule has 0 heterocycles. The third kappa shape index (κ3) is 9.78. The average Bonchev–Trinajstić information content (AvgIpc) is 2.36. The maximum absolute atomic E-state index is 11.9. The van der Waals surface area contributed by atoms with Gasteiger partial charge in [-0.05, 0) is 25.8 Å². The maximum Gasteiger partial charge on any atom is 0.319 e. The quantitative estimate of drug-likeness (QED) is 0.622. The molecule has 0 radical (unpaired) electrons. The third-order valence-corrected chi connectivity index (χ3v) is 3.22. The van der Waals surface area contributed by atoms with Gasteiger partial charge in [-0.3, -0.25) is 14.5 Å². The van der Waals surface area contributed by atoms with E-state index >= 15 is 0 Å². The van der Waals surface area contributed by atoms with Gasteiger partial charge in [0.05, 0.1) is 20.2 Å². The number of rotatable bonds is 10. The van der Waals surface area contributed by atoms with Crippen molar-refractivity contribution < 1.29 is 14.3 Å². The Hall–Kier alpha value is -1.10. The van der Waals surface area contributed by atoms with Crippen LogP contribution in [0.3, 0.4) is 0 Å². The smallest absolute Gasteiger partial charge is 0.319 e. The van der Waals surface area contributed by atoms with Crippen molar-refractivity contribution in [3.63, 3.8) is 0 Å². The zero-order valence-electron chi connectivity index (χ0n) is 13.6. The second-order valence-electron chi connectivity index (χ2n) is 5.67. The summed E-state index contributed by atoms with van der Waals surface area (Å²) in [7, 11) is 1.35. The number of methoxy groups -OCH3 is 1. The van der Waals surface area contributed by atoms with Crippen molar-refractivity contribution in [2.75, 3.05) is 26.7 Å². The van der Waals surface area contributed by atoms with E-state index in [1.54, 1.807) is 4.90 Å². The van der Waals surface area contributed by atoms with Crippen molar-refractivity contribution in [3.8, 4) is 0 Å². The van der Waals surface area contributed by atoms with E-state index in [2.05, 4.69) is 23.9 Å². The SMILES string of the molecule is CCN(CC(=O)NC(C)CCCC(C)C)CC(=O)OC. The van der Waals surface area contributed by atoms with Crippen molar-refractivity contribution in [2.45, 2.75) is 53.0 Å². The van der Waals surface area contributed by atoms with Crippen LogP contribution >= 0.6 is 0 Å². The Labute approximate surface area is 123 Å².